The van der Waals surface area contributed by atoms with Crippen molar-refractivity contribution in [1.82, 2.24) is 10.2 Å². The Hall–Kier alpha value is -3.06. The highest BCUT2D eigenvalue weighted by molar-refractivity contribution is 5.92. The van der Waals surface area contributed by atoms with Crippen LogP contribution in [0.25, 0.3) is 0 Å². The van der Waals surface area contributed by atoms with Crippen molar-refractivity contribution in [2.45, 2.75) is 25.8 Å². The summed E-state index contributed by atoms with van der Waals surface area (Å²) >= 11 is 0. The molecule has 0 aliphatic carbocycles. The van der Waals surface area contributed by atoms with Gasteiger partial charge in [-0.3, -0.25) is 14.5 Å². The monoisotopic (exact) mass is 411 g/mol. The summed E-state index contributed by atoms with van der Waals surface area (Å²) in [6.45, 7) is 4.42. The number of nitrogens with zero attached hydrogens (tertiary/aromatic N) is 1. The largest absolute Gasteiger partial charge is 0.494 e. The number of hydrogen-bond donors (Lipinski definition) is 2. The molecule has 0 saturated carbocycles. The smallest absolute Gasteiger partial charge is 0.258 e. The van der Waals surface area contributed by atoms with E-state index in [2.05, 4.69) is 15.5 Å². The van der Waals surface area contributed by atoms with Crippen LogP contribution in [0.2, 0.25) is 0 Å². The summed E-state index contributed by atoms with van der Waals surface area (Å²) in [7, 11) is 0. The van der Waals surface area contributed by atoms with E-state index in [0.29, 0.717) is 18.9 Å². The maximum Gasteiger partial charge on any atom is 0.258 e. The average Bonchev–Trinajstić information content (AvgIpc) is 2.75. The van der Waals surface area contributed by atoms with Crippen LogP contribution in [-0.4, -0.2) is 55.6 Å². The van der Waals surface area contributed by atoms with E-state index >= 15 is 0 Å². The molecule has 0 bridgehead atoms. The molecule has 1 aliphatic rings. The fraction of sp³-hybridized carbons (Fsp3) is 0.391. The summed E-state index contributed by atoms with van der Waals surface area (Å²) in [6, 6.07) is 16.8. The second-order valence-electron chi connectivity index (χ2n) is 7.23. The minimum atomic E-state index is -0.135. The molecule has 1 saturated heterocycles. The zero-order valence-electron chi connectivity index (χ0n) is 17.3. The third kappa shape index (κ3) is 7.08. The van der Waals surface area contributed by atoms with Gasteiger partial charge in [0.2, 0.25) is 5.91 Å². The SMILES string of the molecule is CCOc1ccc(OCC(=O)NC2CCN(CC(=O)Nc3ccccc3)CC2)cc1. The Morgan fingerprint density at radius 1 is 0.933 bits per heavy atom. The van der Waals surface area contributed by atoms with Crippen molar-refractivity contribution >= 4 is 17.5 Å². The number of carbonyl (C=O) groups is 2. The quantitative estimate of drug-likeness (QED) is 0.663. The van der Waals surface area contributed by atoms with Gasteiger partial charge in [0.1, 0.15) is 11.5 Å². The molecule has 7 heteroatoms. The lowest BCUT2D eigenvalue weighted by atomic mass is 10.1. The first-order chi connectivity index (χ1) is 14.6. The molecule has 1 heterocycles. The first-order valence-corrected chi connectivity index (χ1v) is 10.3. The summed E-state index contributed by atoms with van der Waals surface area (Å²) in [5, 5.41) is 5.92. The maximum absolute atomic E-state index is 12.2. The number of rotatable bonds is 9. The Labute approximate surface area is 177 Å². The maximum atomic E-state index is 12.2. The molecule has 2 N–H and O–H groups in total. The summed E-state index contributed by atoms with van der Waals surface area (Å²) in [5.74, 6) is 1.25. The van der Waals surface area contributed by atoms with Crippen molar-refractivity contribution in [1.29, 1.82) is 0 Å². The highest BCUT2D eigenvalue weighted by Gasteiger charge is 2.22. The standard InChI is InChI=1S/C23H29N3O4/c1-2-29-20-8-10-21(11-9-20)30-17-23(28)25-19-12-14-26(15-13-19)16-22(27)24-18-6-4-3-5-7-18/h3-11,19H,2,12-17H2,1H3,(H,24,27)(H,25,28). The highest BCUT2D eigenvalue weighted by Crippen LogP contribution is 2.17. The first kappa shape index (κ1) is 21.6. The van der Waals surface area contributed by atoms with Crippen LogP contribution < -0.4 is 20.1 Å². The van der Waals surface area contributed by atoms with E-state index < -0.39 is 0 Å². The molecule has 160 valence electrons. The lowest BCUT2D eigenvalue weighted by Crippen LogP contribution is -2.47. The Morgan fingerprint density at radius 3 is 2.20 bits per heavy atom. The Bertz CT molecular complexity index is 803. The highest BCUT2D eigenvalue weighted by atomic mass is 16.5. The molecule has 3 rings (SSSR count). The van der Waals surface area contributed by atoms with Gasteiger partial charge in [-0.25, -0.2) is 0 Å². The number of likely N-dealkylation sites (tertiary alicyclic amines) is 1. The van der Waals surface area contributed by atoms with Gasteiger partial charge < -0.3 is 20.1 Å². The molecule has 2 aromatic rings. The zero-order valence-corrected chi connectivity index (χ0v) is 17.3. The molecule has 0 atom stereocenters. The van der Waals surface area contributed by atoms with E-state index in [1.54, 1.807) is 12.1 Å². The molecule has 2 amide bonds. The van der Waals surface area contributed by atoms with Gasteiger partial charge >= 0.3 is 0 Å². The van der Waals surface area contributed by atoms with Gasteiger partial charge in [0.15, 0.2) is 6.61 Å². The van der Waals surface area contributed by atoms with E-state index in [1.165, 1.54) is 0 Å². The lowest BCUT2D eigenvalue weighted by Gasteiger charge is -2.31. The molecule has 2 aromatic carbocycles. The zero-order chi connectivity index (χ0) is 21.2. The summed E-state index contributed by atoms with van der Waals surface area (Å²) < 4.78 is 10.9. The average molecular weight is 412 g/mol. The van der Waals surface area contributed by atoms with Crippen LogP contribution in [0.5, 0.6) is 11.5 Å². The van der Waals surface area contributed by atoms with Crippen LogP contribution in [0.4, 0.5) is 5.69 Å². The third-order valence-corrected chi connectivity index (χ3v) is 4.88. The second-order valence-corrected chi connectivity index (χ2v) is 7.23. The van der Waals surface area contributed by atoms with Gasteiger partial charge in [0.25, 0.3) is 5.91 Å². The third-order valence-electron chi connectivity index (χ3n) is 4.88. The van der Waals surface area contributed by atoms with E-state index in [4.69, 9.17) is 9.47 Å². The number of carbonyl (C=O) groups excluding carboxylic acids is 2. The molecule has 7 nitrogen and oxygen atoms in total. The van der Waals surface area contributed by atoms with Crippen molar-refractivity contribution < 1.29 is 19.1 Å². The number of amides is 2. The van der Waals surface area contributed by atoms with Crippen molar-refractivity contribution in [3.05, 3.63) is 54.6 Å². The van der Waals surface area contributed by atoms with Gasteiger partial charge in [-0.2, -0.15) is 0 Å². The predicted octanol–water partition coefficient (Wildman–Crippen LogP) is 2.68. The summed E-state index contributed by atoms with van der Waals surface area (Å²) in [4.78, 5) is 26.5. The number of hydrogen-bond acceptors (Lipinski definition) is 5. The molecular formula is C23H29N3O4. The Morgan fingerprint density at radius 2 is 1.57 bits per heavy atom. The minimum absolute atomic E-state index is 0.0202. The number of anilines is 1. The number of nitrogens with one attached hydrogen (secondary N) is 2. The van der Waals surface area contributed by atoms with Crippen LogP contribution in [0.1, 0.15) is 19.8 Å². The van der Waals surface area contributed by atoms with Crippen molar-refractivity contribution in [3.63, 3.8) is 0 Å². The molecule has 1 aliphatic heterocycles. The Kier molecular flexibility index (Phi) is 8.09. The van der Waals surface area contributed by atoms with Crippen molar-refractivity contribution in [3.8, 4) is 11.5 Å². The van der Waals surface area contributed by atoms with E-state index in [1.807, 2.05) is 49.4 Å². The number of piperidine rings is 1. The van der Waals surface area contributed by atoms with Gasteiger partial charge in [-0.15, -0.1) is 0 Å². The van der Waals surface area contributed by atoms with Gasteiger partial charge in [0, 0.05) is 24.8 Å². The first-order valence-electron chi connectivity index (χ1n) is 10.3. The predicted molar refractivity (Wildman–Crippen MR) is 116 cm³/mol. The van der Waals surface area contributed by atoms with Crippen molar-refractivity contribution in [2.75, 3.05) is 38.2 Å². The molecule has 0 aromatic heterocycles. The molecular weight excluding hydrogens is 382 g/mol. The van der Waals surface area contributed by atoms with Gasteiger partial charge in [-0.05, 0) is 56.2 Å². The van der Waals surface area contributed by atoms with Crippen LogP contribution in [-0.2, 0) is 9.59 Å². The summed E-state index contributed by atoms with van der Waals surface area (Å²) in [6.07, 6.45) is 1.63. The van der Waals surface area contributed by atoms with E-state index in [0.717, 1.165) is 37.4 Å². The molecule has 30 heavy (non-hydrogen) atoms. The van der Waals surface area contributed by atoms with Crippen LogP contribution in [0, 0.1) is 0 Å². The molecule has 0 radical (unpaired) electrons. The molecule has 0 spiro atoms. The van der Waals surface area contributed by atoms with E-state index in [9.17, 15) is 9.59 Å². The number of para-hydroxylation sites is 1. The fourth-order valence-electron chi connectivity index (χ4n) is 3.38. The molecule has 0 unspecified atom stereocenters. The fourth-order valence-corrected chi connectivity index (χ4v) is 3.38. The molecule has 1 fully saturated rings. The van der Waals surface area contributed by atoms with Crippen LogP contribution in [0.15, 0.2) is 54.6 Å². The Balaban J connectivity index is 1.33. The summed E-state index contributed by atoms with van der Waals surface area (Å²) in [5.41, 5.74) is 0.803. The lowest BCUT2D eigenvalue weighted by molar-refractivity contribution is -0.124. The minimum Gasteiger partial charge on any atom is -0.494 e. The van der Waals surface area contributed by atoms with Gasteiger partial charge in [-0.1, -0.05) is 18.2 Å². The van der Waals surface area contributed by atoms with Crippen LogP contribution >= 0.6 is 0 Å². The van der Waals surface area contributed by atoms with E-state index in [-0.39, 0.29) is 24.5 Å². The van der Waals surface area contributed by atoms with Crippen molar-refractivity contribution in [2.24, 2.45) is 0 Å². The second kappa shape index (κ2) is 11.2. The van der Waals surface area contributed by atoms with Gasteiger partial charge in [0.05, 0.1) is 13.2 Å². The topological polar surface area (TPSA) is 79.9 Å². The number of benzene rings is 2. The number of ether oxygens (including phenoxy) is 2. The van der Waals surface area contributed by atoms with Crippen LogP contribution in [0.3, 0.4) is 0 Å². The normalized spacial score (nSPS) is 14.7.